The minimum Gasteiger partial charge on any atom is -0.481 e. The molecule has 2 heterocycles. The molecule has 0 bridgehead atoms. The highest BCUT2D eigenvalue weighted by Gasteiger charge is 2.44. The quantitative estimate of drug-likeness (QED) is 0.900. The number of hydrogen-bond acceptors (Lipinski definition) is 4. The first-order valence-corrected chi connectivity index (χ1v) is 6.75. The van der Waals surface area contributed by atoms with Crippen LogP contribution in [0.15, 0.2) is 12.4 Å². The molecule has 1 saturated heterocycles. The molecule has 1 aromatic heterocycles. The van der Waals surface area contributed by atoms with Gasteiger partial charge >= 0.3 is 5.97 Å². The monoisotopic (exact) mass is 263 g/mol. The van der Waals surface area contributed by atoms with Gasteiger partial charge in [-0.2, -0.15) is 0 Å². The number of carboxylic acid groups (broad SMARTS) is 1. The lowest BCUT2D eigenvalue weighted by Gasteiger charge is -2.27. The molecule has 0 aromatic carbocycles. The first kappa shape index (κ1) is 13.9. The highest BCUT2D eigenvalue weighted by atomic mass is 16.4. The minimum absolute atomic E-state index is 0.112. The number of likely N-dealkylation sites (tertiary alicyclic amines) is 1. The normalized spacial score (nSPS) is 25.4. The summed E-state index contributed by atoms with van der Waals surface area (Å²) in [6.45, 7) is 7.37. The maximum Gasteiger partial charge on any atom is 0.310 e. The van der Waals surface area contributed by atoms with E-state index in [1.165, 1.54) is 0 Å². The lowest BCUT2D eigenvalue weighted by atomic mass is 9.84. The Hall–Kier alpha value is -1.49. The Morgan fingerprint density at radius 3 is 2.74 bits per heavy atom. The molecule has 5 nitrogen and oxygen atoms in total. The number of carbonyl (C=O) groups is 1. The molecule has 1 aliphatic heterocycles. The van der Waals surface area contributed by atoms with Crippen LogP contribution >= 0.6 is 0 Å². The molecule has 0 aliphatic carbocycles. The van der Waals surface area contributed by atoms with Crippen molar-refractivity contribution in [3.63, 3.8) is 0 Å². The van der Waals surface area contributed by atoms with E-state index in [-0.39, 0.29) is 6.04 Å². The maximum atomic E-state index is 11.5. The SMILES string of the molecule is CCC1(C(=O)O)CCN(C(C)c2nccnc2C)C1. The van der Waals surface area contributed by atoms with Crippen molar-refractivity contribution < 1.29 is 9.90 Å². The second-order valence-corrected chi connectivity index (χ2v) is 5.36. The van der Waals surface area contributed by atoms with Gasteiger partial charge in [-0.05, 0) is 33.2 Å². The number of rotatable bonds is 4. The van der Waals surface area contributed by atoms with E-state index in [1.807, 2.05) is 13.8 Å². The van der Waals surface area contributed by atoms with Crippen LogP contribution < -0.4 is 0 Å². The number of carboxylic acids is 1. The zero-order valence-corrected chi connectivity index (χ0v) is 11.8. The van der Waals surface area contributed by atoms with Crippen LogP contribution in [0.1, 0.15) is 44.1 Å². The molecule has 1 N–H and O–H groups in total. The third kappa shape index (κ3) is 2.47. The summed E-state index contributed by atoms with van der Waals surface area (Å²) in [4.78, 5) is 22.3. The standard InChI is InChI=1S/C14H21N3O2/c1-4-14(13(18)19)5-8-17(9-14)11(3)12-10(2)15-6-7-16-12/h6-7,11H,4-5,8-9H2,1-3H3,(H,18,19). The molecule has 19 heavy (non-hydrogen) atoms. The van der Waals surface area contributed by atoms with Crippen molar-refractivity contribution in [3.05, 3.63) is 23.8 Å². The van der Waals surface area contributed by atoms with Crippen LogP contribution in [0.25, 0.3) is 0 Å². The van der Waals surface area contributed by atoms with Gasteiger partial charge in [-0.3, -0.25) is 19.7 Å². The molecule has 2 atom stereocenters. The smallest absolute Gasteiger partial charge is 0.310 e. The number of hydrogen-bond donors (Lipinski definition) is 1. The Balaban J connectivity index is 2.17. The molecule has 0 saturated carbocycles. The van der Waals surface area contributed by atoms with Gasteiger partial charge in [0.15, 0.2) is 0 Å². The van der Waals surface area contributed by atoms with Gasteiger partial charge in [-0.15, -0.1) is 0 Å². The summed E-state index contributed by atoms with van der Waals surface area (Å²) in [5.74, 6) is -0.680. The van der Waals surface area contributed by atoms with E-state index >= 15 is 0 Å². The summed E-state index contributed by atoms with van der Waals surface area (Å²) in [6, 6.07) is 0.112. The lowest BCUT2D eigenvalue weighted by molar-refractivity contribution is -0.148. The summed E-state index contributed by atoms with van der Waals surface area (Å²) < 4.78 is 0. The van der Waals surface area contributed by atoms with Crippen LogP contribution in [-0.2, 0) is 4.79 Å². The van der Waals surface area contributed by atoms with E-state index in [9.17, 15) is 9.90 Å². The van der Waals surface area contributed by atoms with Crippen LogP contribution in [0.4, 0.5) is 0 Å². The highest BCUT2D eigenvalue weighted by molar-refractivity contribution is 5.75. The Labute approximate surface area is 113 Å². The first-order chi connectivity index (χ1) is 9.00. The van der Waals surface area contributed by atoms with E-state index in [2.05, 4.69) is 21.8 Å². The Kier molecular flexibility index (Phi) is 3.85. The van der Waals surface area contributed by atoms with E-state index in [1.54, 1.807) is 12.4 Å². The largest absolute Gasteiger partial charge is 0.481 e. The molecule has 0 spiro atoms. The van der Waals surface area contributed by atoms with Gasteiger partial charge in [0.2, 0.25) is 0 Å². The van der Waals surface area contributed by atoms with Gasteiger partial charge in [-0.25, -0.2) is 0 Å². The second-order valence-electron chi connectivity index (χ2n) is 5.36. The Morgan fingerprint density at radius 1 is 1.53 bits per heavy atom. The van der Waals surface area contributed by atoms with Crippen molar-refractivity contribution in [2.45, 2.75) is 39.7 Å². The zero-order chi connectivity index (χ0) is 14.0. The van der Waals surface area contributed by atoms with E-state index in [0.717, 1.165) is 17.9 Å². The molecule has 1 aromatic rings. The van der Waals surface area contributed by atoms with E-state index < -0.39 is 11.4 Å². The van der Waals surface area contributed by atoms with Crippen molar-refractivity contribution in [2.24, 2.45) is 5.41 Å². The predicted molar refractivity (Wildman–Crippen MR) is 71.7 cm³/mol. The third-order valence-corrected chi connectivity index (χ3v) is 4.38. The van der Waals surface area contributed by atoms with Gasteiger partial charge in [0, 0.05) is 18.9 Å². The summed E-state index contributed by atoms with van der Waals surface area (Å²) in [7, 11) is 0. The summed E-state index contributed by atoms with van der Waals surface area (Å²) >= 11 is 0. The average molecular weight is 263 g/mol. The van der Waals surface area contributed by atoms with Crippen LogP contribution in [0.3, 0.4) is 0 Å². The average Bonchev–Trinajstić information content (AvgIpc) is 2.84. The predicted octanol–water partition coefficient (Wildman–Crippen LogP) is 2.03. The van der Waals surface area contributed by atoms with Gasteiger partial charge in [0.1, 0.15) is 0 Å². The van der Waals surface area contributed by atoms with Gasteiger partial charge in [0.05, 0.1) is 22.8 Å². The molecular formula is C14H21N3O2. The Morgan fingerprint density at radius 2 is 2.21 bits per heavy atom. The molecule has 0 radical (unpaired) electrons. The minimum atomic E-state index is -0.680. The van der Waals surface area contributed by atoms with Gasteiger partial charge in [0.25, 0.3) is 0 Å². The molecular weight excluding hydrogens is 242 g/mol. The fourth-order valence-electron chi connectivity index (χ4n) is 2.85. The van der Waals surface area contributed by atoms with Crippen molar-refractivity contribution >= 4 is 5.97 Å². The van der Waals surface area contributed by atoms with Crippen LogP contribution in [0.5, 0.6) is 0 Å². The van der Waals surface area contributed by atoms with Crippen LogP contribution in [0, 0.1) is 12.3 Å². The number of nitrogens with zero attached hydrogens (tertiary/aromatic N) is 3. The lowest BCUT2D eigenvalue weighted by Crippen LogP contribution is -2.35. The molecule has 1 aliphatic rings. The van der Waals surface area contributed by atoms with Gasteiger partial charge in [-0.1, -0.05) is 6.92 Å². The molecule has 2 rings (SSSR count). The van der Waals surface area contributed by atoms with Crippen molar-refractivity contribution in [2.75, 3.05) is 13.1 Å². The van der Waals surface area contributed by atoms with Gasteiger partial charge < -0.3 is 5.11 Å². The zero-order valence-electron chi connectivity index (χ0n) is 11.8. The fourth-order valence-corrected chi connectivity index (χ4v) is 2.85. The Bertz CT molecular complexity index is 478. The maximum absolute atomic E-state index is 11.5. The first-order valence-electron chi connectivity index (χ1n) is 6.75. The summed E-state index contributed by atoms with van der Waals surface area (Å²) in [5.41, 5.74) is 1.27. The van der Waals surface area contributed by atoms with Crippen molar-refractivity contribution in [1.29, 1.82) is 0 Å². The highest BCUT2D eigenvalue weighted by Crippen LogP contribution is 2.38. The molecule has 5 heteroatoms. The van der Waals surface area contributed by atoms with Crippen LogP contribution in [-0.4, -0.2) is 39.0 Å². The van der Waals surface area contributed by atoms with Crippen molar-refractivity contribution in [1.82, 2.24) is 14.9 Å². The van der Waals surface area contributed by atoms with E-state index in [0.29, 0.717) is 19.4 Å². The number of aromatic nitrogens is 2. The third-order valence-electron chi connectivity index (χ3n) is 4.38. The second kappa shape index (κ2) is 5.25. The van der Waals surface area contributed by atoms with E-state index in [4.69, 9.17) is 0 Å². The number of aryl methyl sites for hydroxylation is 1. The van der Waals surface area contributed by atoms with Crippen molar-refractivity contribution in [3.8, 4) is 0 Å². The fraction of sp³-hybridized carbons (Fsp3) is 0.643. The molecule has 1 fully saturated rings. The molecule has 104 valence electrons. The summed E-state index contributed by atoms with van der Waals surface area (Å²) in [5, 5.41) is 9.43. The molecule has 0 amide bonds. The molecule has 2 unspecified atom stereocenters. The summed E-state index contributed by atoms with van der Waals surface area (Å²) in [6.07, 6.45) is 4.76. The van der Waals surface area contributed by atoms with Crippen LogP contribution in [0.2, 0.25) is 0 Å². The number of aliphatic carboxylic acids is 1. The topological polar surface area (TPSA) is 66.3 Å².